The smallest absolute Gasteiger partial charge is 0.134 e. The molecule has 2 aromatic rings. The van der Waals surface area contributed by atoms with Crippen molar-refractivity contribution in [2.45, 2.75) is 19.9 Å². The maximum absolute atomic E-state index is 12.0. The Morgan fingerprint density at radius 3 is 2.63 bits per heavy atom. The molecule has 0 amide bonds. The summed E-state index contributed by atoms with van der Waals surface area (Å²) < 4.78 is 17.9. The maximum Gasteiger partial charge on any atom is 0.134 e. The maximum atomic E-state index is 12.0. The highest BCUT2D eigenvalue weighted by molar-refractivity contribution is 7.85. The van der Waals surface area contributed by atoms with Crippen molar-refractivity contribution < 1.29 is 8.63 Å². The number of rotatable bonds is 6. The molecule has 1 aromatic carbocycles. The summed E-state index contributed by atoms with van der Waals surface area (Å²) in [6.07, 6.45) is 0. The molecule has 19 heavy (non-hydrogen) atoms. The van der Waals surface area contributed by atoms with E-state index in [0.717, 1.165) is 22.5 Å². The summed E-state index contributed by atoms with van der Waals surface area (Å²) >= 11 is 0. The Kier molecular flexibility index (Phi) is 4.77. The molecule has 1 heterocycles. The summed E-state index contributed by atoms with van der Waals surface area (Å²) in [5.41, 5.74) is 0.882. The standard InChI is InChI=1S/C15H21NO2S/c1-11(2)9-19(17)10-13(16-3)15-8-12-6-4-5-7-14(12)18-15/h4-8,11,13,16H,9-10H2,1-3H3. The number of furan rings is 1. The van der Waals surface area contributed by atoms with Crippen LogP contribution in [0.15, 0.2) is 34.7 Å². The van der Waals surface area contributed by atoms with Crippen LogP contribution in [0.2, 0.25) is 0 Å². The second-order valence-corrected chi connectivity index (χ2v) is 6.74. The number of fused-ring (bicyclic) bond motifs is 1. The Morgan fingerprint density at radius 2 is 2.00 bits per heavy atom. The van der Waals surface area contributed by atoms with E-state index in [1.807, 2.05) is 37.4 Å². The van der Waals surface area contributed by atoms with Crippen molar-refractivity contribution in [3.05, 3.63) is 36.1 Å². The van der Waals surface area contributed by atoms with Crippen molar-refractivity contribution in [1.29, 1.82) is 0 Å². The van der Waals surface area contributed by atoms with Gasteiger partial charge < -0.3 is 9.73 Å². The molecule has 0 spiro atoms. The van der Waals surface area contributed by atoms with Crippen LogP contribution in [0.1, 0.15) is 25.6 Å². The van der Waals surface area contributed by atoms with Crippen LogP contribution in [0, 0.1) is 5.92 Å². The van der Waals surface area contributed by atoms with Crippen molar-refractivity contribution in [1.82, 2.24) is 5.32 Å². The van der Waals surface area contributed by atoms with E-state index in [1.54, 1.807) is 0 Å². The number of hydrogen-bond donors (Lipinski definition) is 1. The zero-order valence-corrected chi connectivity index (χ0v) is 12.5. The lowest BCUT2D eigenvalue weighted by Crippen LogP contribution is -2.24. The molecular formula is C15H21NO2S. The number of para-hydroxylation sites is 1. The topological polar surface area (TPSA) is 42.2 Å². The highest BCUT2D eigenvalue weighted by atomic mass is 32.2. The predicted molar refractivity (Wildman–Crippen MR) is 80.7 cm³/mol. The predicted octanol–water partition coefficient (Wildman–Crippen LogP) is 3.10. The molecule has 0 fully saturated rings. The zero-order valence-electron chi connectivity index (χ0n) is 11.7. The molecule has 0 bridgehead atoms. The summed E-state index contributed by atoms with van der Waals surface area (Å²) in [7, 11) is 1.05. The molecular weight excluding hydrogens is 258 g/mol. The lowest BCUT2D eigenvalue weighted by Gasteiger charge is -2.14. The van der Waals surface area contributed by atoms with Gasteiger partial charge in [0.2, 0.25) is 0 Å². The summed E-state index contributed by atoms with van der Waals surface area (Å²) in [6.45, 7) is 4.18. The fourth-order valence-electron chi connectivity index (χ4n) is 2.11. The monoisotopic (exact) mass is 279 g/mol. The SMILES string of the molecule is CNC(CS(=O)CC(C)C)c1cc2ccccc2o1. The molecule has 3 nitrogen and oxygen atoms in total. The van der Waals surface area contributed by atoms with Crippen LogP contribution in [0.4, 0.5) is 0 Å². The van der Waals surface area contributed by atoms with E-state index in [-0.39, 0.29) is 6.04 Å². The first-order valence-electron chi connectivity index (χ1n) is 6.61. The van der Waals surface area contributed by atoms with Crippen molar-refractivity contribution in [3.63, 3.8) is 0 Å². The average molecular weight is 279 g/mol. The van der Waals surface area contributed by atoms with E-state index < -0.39 is 10.8 Å². The Labute approximate surface area is 116 Å². The van der Waals surface area contributed by atoms with E-state index in [1.165, 1.54) is 0 Å². The Morgan fingerprint density at radius 1 is 1.26 bits per heavy atom. The fourth-order valence-corrected chi connectivity index (χ4v) is 3.69. The summed E-state index contributed by atoms with van der Waals surface area (Å²) in [5, 5.41) is 4.29. The second kappa shape index (κ2) is 6.35. The highest BCUT2D eigenvalue weighted by Crippen LogP contribution is 2.24. The summed E-state index contributed by atoms with van der Waals surface area (Å²) in [4.78, 5) is 0. The molecule has 0 saturated carbocycles. The molecule has 4 heteroatoms. The molecule has 0 aliphatic rings. The number of nitrogens with one attached hydrogen (secondary N) is 1. The van der Waals surface area contributed by atoms with Gasteiger partial charge in [0.15, 0.2) is 0 Å². The Bertz CT molecular complexity index is 529. The van der Waals surface area contributed by atoms with Gasteiger partial charge >= 0.3 is 0 Å². The van der Waals surface area contributed by atoms with Crippen LogP contribution in [-0.4, -0.2) is 22.8 Å². The molecule has 1 N–H and O–H groups in total. The third-order valence-electron chi connectivity index (χ3n) is 3.01. The number of benzene rings is 1. The molecule has 0 saturated heterocycles. The minimum absolute atomic E-state index is 0.00647. The summed E-state index contributed by atoms with van der Waals surface area (Å²) in [5.74, 6) is 2.64. The average Bonchev–Trinajstić information content (AvgIpc) is 2.78. The van der Waals surface area contributed by atoms with Crippen LogP contribution in [0.5, 0.6) is 0 Å². The van der Waals surface area contributed by atoms with Gasteiger partial charge in [-0.15, -0.1) is 0 Å². The van der Waals surface area contributed by atoms with Crippen LogP contribution < -0.4 is 5.32 Å². The summed E-state index contributed by atoms with van der Waals surface area (Å²) in [6, 6.07) is 9.97. The van der Waals surface area contributed by atoms with Crippen molar-refractivity contribution >= 4 is 21.8 Å². The lowest BCUT2D eigenvalue weighted by atomic mass is 10.2. The van der Waals surface area contributed by atoms with Gasteiger partial charge in [-0.05, 0) is 25.1 Å². The number of hydrogen-bond acceptors (Lipinski definition) is 3. The van der Waals surface area contributed by atoms with Gasteiger partial charge in [0.05, 0.1) is 6.04 Å². The molecule has 0 aliphatic heterocycles. The molecule has 1 aromatic heterocycles. The molecule has 2 unspecified atom stereocenters. The molecule has 2 atom stereocenters. The van der Waals surface area contributed by atoms with Gasteiger partial charge in [-0.2, -0.15) is 0 Å². The minimum Gasteiger partial charge on any atom is -0.459 e. The van der Waals surface area contributed by atoms with E-state index in [0.29, 0.717) is 11.7 Å². The van der Waals surface area contributed by atoms with Crippen LogP contribution in [-0.2, 0) is 10.8 Å². The third-order valence-corrected chi connectivity index (χ3v) is 4.75. The first-order valence-corrected chi connectivity index (χ1v) is 8.09. The Hall–Kier alpha value is -1.13. The normalized spacial score (nSPS) is 14.9. The van der Waals surface area contributed by atoms with Crippen molar-refractivity contribution in [2.75, 3.05) is 18.6 Å². The Balaban J connectivity index is 2.14. The van der Waals surface area contributed by atoms with Crippen LogP contribution >= 0.6 is 0 Å². The van der Waals surface area contributed by atoms with Crippen LogP contribution in [0.3, 0.4) is 0 Å². The molecule has 104 valence electrons. The molecule has 0 radical (unpaired) electrons. The van der Waals surface area contributed by atoms with Gasteiger partial charge in [-0.3, -0.25) is 4.21 Å². The zero-order chi connectivity index (χ0) is 13.8. The van der Waals surface area contributed by atoms with Crippen molar-refractivity contribution in [3.8, 4) is 0 Å². The minimum atomic E-state index is -0.825. The van der Waals surface area contributed by atoms with Gasteiger partial charge in [0, 0.05) is 27.7 Å². The lowest BCUT2D eigenvalue weighted by molar-refractivity contribution is 0.476. The third kappa shape index (κ3) is 3.67. The molecule has 0 aliphatic carbocycles. The van der Waals surface area contributed by atoms with Gasteiger partial charge in [-0.1, -0.05) is 32.0 Å². The van der Waals surface area contributed by atoms with Crippen LogP contribution in [0.25, 0.3) is 11.0 Å². The van der Waals surface area contributed by atoms with Gasteiger partial charge in [-0.25, -0.2) is 0 Å². The molecule has 2 rings (SSSR count). The van der Waals surface area contributed by atoms with Crippen molar-refractivity contribution in [2.24, 2.45) is 5.92 Å². The second-order valence-electron chi connectivity index (χ2n) is 5.19. The van der Waals surface area contributed by atoms with Gasteiger partial charge in [0.1, 0.15) is 11.3 Å². The quantitative estimate of drug-likeness (QED) is 0.883. The van der Waals surface area contributed by atoms with Gasteiger partial charge in [0.25, 0.3) is 0 Å². The highest BCUT2D eigenvalue weighted by Gasteiger charge is 2.18. The van der Waals surface area contributed by atoms with E-state index in [9.17, 15) is 4.21 Å². The van der Waals surface area contributed by atoms with E-state index >= 15 is 0 Å². The first-order chi connectivity index (χ1) is 9.10. The van der Waals surface area contributed by atoms with E-state index in [2.05, 4.69) is 19.2 Å². The fraction of sp³-hybridized carbons (Fsp3) is 0.467. The largest absolute Gasteiger partial charge is 0.459 e. The first kappa shape index (κ1) is 14.3. The van der Waals surface area contributed by atoms with E-state index in [4.69, 9.17) is 4.42 Å².